The number of nitrogens with zero attached hydrogens (tertiary/aromatic N) is 2. The van der Waals surface area contributed by atoms with E-state index in [1.807, 2.05) is 6.92 Å². The first kappa shape index (κ1) is 26.3. The Labute approximate surface area is 207 Å². The number of hydrogen-bond donors (Lipinski definition) is 2. The molecule has 9 heteroatoms. The Hall–Kier alpha value is -2.32. The minimum absolute atomic E-state index is 0.0339. The van der Waals surface area contributed by atoms with Gasteiger partial charge in [-0.3, -0.25) is 14.4 Å². The molecule has 1 aromatic carbocycles. The maximum atomic E-state index is 13.3. The zero-order chi connectivity index (χ0) is 24.7. The van der Waals surface area contributed by atoms with Crippen molar-refractivity contribution in [1.82, 2.24) is 20.4 Å². The van der Waals surface area contributed by atoms with Crippen LogP contribution in [0.5, 0.6) is 5.75 Å². The van der Waals surface area contributed by atoms with Gasteiger partial charge in [-0.1, -0.05) is 11.6 Å². The number of piperidine rings is 1. The number of halogens is 1. The fourth-order valence-electron chi connectivity index (χ4n) is 4.47. The molecule has 0 aromatic heterocycles. The highest BCUT2D eigenvalue weighted by molar-refractivity contribution is 6.31. The Morgan fingerprint density at radius 2 is 1.88 bits per heavy atom. The van der Waals surface area contributed by atoms with Crippen molar-refractivity contribution in [2.75, 3.05) is 39.3 Å². The van der Waals surface area contributed by atoms with Gasteiger partial charge < -0.3 is 25.2 Å². The first-order valence-electron chi connectivity index (χ1n) is 12.3. The van der Waals surface area contributed by atoms with E-state index in [-0.39, 0.29) is 42.8 Å². The van der Waals surface area contributed by atoms with Crippen molar-refractivity contribution in [3.63, 3.8) is 0 Å². The van der Waals surface area contributed by atoms with E-state index in [0.29, 0.717) is 48.3 Å². The predicted octanol–water partition coefficient (Wildman–Crippen LogP) is 2.70. The van der Waals surface area contributed by atoms with Crippen molar-refractivity contribution in [1.29, 1.82) is 0 Å². The number of carbonyl (C=O) groups is 3. The van der Waals surface area contributed by atoms with Gasteiger partial charge in [-0.05, 0) is 77.7 Å². The minimum Gasteiger partial charge on any atom is -0.491 e. The highest BCUT2D eigenvalue weighted by Gasteiger charge is 2.30. The van der Waals surface area contributed by atoms with E-state index in [0.717, 1.165) is 25.9 Å². The molecule has 8 nitrogen and oxygen atoms in total. The molecule has 3 amide bonds. The van der Waals surface area contributed by atoms with Crippen molar-refractivity contribution in [2.24, 2.45) is 5.92 Å². The van der Waals surface area contributed by atoms with E-state index in [1.54, 1.807) is 23.1 Å². The molecule has 0 bridgehead atoms. The molecule has 3 rings (SSSR count). The molecule has 0 saturated carbocycles. The maximum absolute atomic E-state index is 13.3. The Morgan fingerprint density at radius 3 is 2.59 bits per heavy atom. The molecule has 1 saturated heterocycles. The SMILES string of the molecule is CC(C)N1CCC(C(=O)N2CCCCNC(=O)c3cc(Cl)ccc3OC[C@@H](C)NC(=O)C2)CC1. The average molecular weight is 493 g/mol. The molecule has 2 heterocycles. The number of fused-ring (bicyclic) bond motifs is 1. The van der Waals surface area contributed by atoms with Crippen LogP contribution >= 0.6 is 11.6 Å². The molecule has 0 unspecified atom stereocenters. The molecule has 2 aliphatic heterocycles. The lowest BCUT2D eigenvalue weighted by Gasteiger charge is -2.36. The lowest BCUT2D eigenvalue weighted by atomic mass is 9.94. The van der Waals surface area contributed by atoms with Crippen molar-refractivity contribution >= 4 is 29.3 Å². The number of likely N-dealkylation sites (tertiary alicyclic amines) is 1. The molecular weight excluding hydrogens is 456 g/mol. The van der Waals surface area contributed by atoms with Crippen LogP contribution in [0.4, 0.5) is 0 Å². The highest BCUT2D eigenvalue weighted by atomic mass is 35.5. The largest absolute Gasteiger partial charge is 0.491 e. The van der Waals surface area contributed by atoms with Crippen molar-refractivity contribution in [2.45, 2.75) is 58.5 Å². The zero-order valence-corrected chi connectivity index (χ0v) is 21.2. The fraction of sp³-hybridized carbons (Fsp3) is 0.640. The lowest BCUT2D eigenvalue weighted by Crippen LogP contribution is -2.49. The van der Waals surface area contributed by atoms with Crippen molar-refractivity contribution in [3.05, 3.63) is 28.8 Å². The Bertz CT molecular complexity index is 870. The third kappa shape index (κ3) is 7.34. The normalized spacial score (nSPS) is 22.1. The summed E-state index contributed by atoms with van der Waals surface area (Å²) in [5.74, 6) is -0.0387. The van der Waals surface area contributed by atoms with E-state index in [9.17, 15) is 14.4 Å². The van der Waals surface area contributed by atoms with Crippen LogP contribution in [-0.4, -0.2) is 78.9 Å². The molecule has 2 N–H and O–H groups in total. The summed E-state index contributed by atoms with van der Waals surface area (Å²) in [5, 5.41) is 6.28. The predicted molar refractivity (Wildman–Crippen MR) is 132 cm³/mol. The smallest absolute Gasteiger partial charge is 0.255 e. The molecule has 0 aliphatic carbocycles. The van der Waals surface area contributed by atoms with Gasteiger partial charge in [-0.15, -0.1) is 0 Å². The van der Waals surface area contributed by atoms with Crippen LogP contribution in [0, 0.1) is 5.92 Å². The first-order valence-corrected chi connectivity index (χ1v) is 12.6. The molecule has 1 atom stereocenters. The van der Waals surface area contributed by atoms with E-state index in [4.69, 9.17) is 16.3 Å². The van der Waals surface area contributed by atoms with Crippen LogP contribution in [0.15, 0.2) is 18.2 Å². The lowest BCUT2D eigenvalue weighted by molar-refractivity contribution is -0.141. The van der Waals surface area contributed by atoms with Crippen LogP contribution in [0.3, 0.4) is 0 Å². The monoisotopic (exact) mass is 492 g/mol. The molecule has 0 radical (unpaired) electrons. The van der Waals surface area contributed by atoms with Gasteiger partial charge in [0.25, 0.3) is 5.91 Å². The second kappa shape index (κ2) is 12.4. The number of rotatable bonds is 2. The van der Waals surface area contributed by atoms with E-state index in [1.165, 1.54) is 0 Å². The van der Waals surface area contributed by atoms with Crippen molar-refractivity contribution in [3.8, 4) is 5.75 Å². The van der Waals surface area contributed by atoms with Gasteiger partial charge in [-0.25, -0.2) is 0 Å². The van der Waals surface area contributed by atoms with Crippen LogP contribution in [0.2, 0.25) is 5.02 Å². The number of hydrogen-bond acceptors (Lipinski definition) is 5. The van der Waals surface area contributed by atoms with Gasteiger partial charge in [0, 0.05) is 30.1 Å². The average Bonchev–Trinajstić information content (AvgIpc) is 2.81. The Balaban J connectivity index is 1.67. The summed E-state index contributed by atoms with van der Waals surface area (Å²) in [7, 11) is 0. The van der Waals surface area contributed by atoms with E-state index >= 15 is 0 Å². The van der Waals surface area contributed by atoms with Gasteiger partial charge in [-0.2, -0.15) is 0 Å². The number of carbonyl (C=O) groups excluding carboxylic acids is 3. The molecule has 1 aromatic rings. The van der Waals surface area contributed by atoms with E-state index < -0.39 is 0 Å². The molecule has 2 aliphatic rings. The quantitative estimate of drug-likeness (QED) is 0.662. The highest BCUT2D eigenvalue weighted by Crippen LogP contribution is 2.24. The summed E-state index contributed by atoms with van der Waals surface area (Å²) in [4.78, 5) is 42.8. The van der Waals surface area contributed by atoms with Gasteiger partial charge in [0.2, 0.25) is 11.8 Å². The second-order valence-corrected chi connectivity index (χ2v) is 9.98. The molecule has 188 valence electrons. The summed E-state index contributed by atoms with van der Waals surface area (Å²) in [6, 6.07) is 5.09. The number of ether oxygens (including phenoxy) is 1. The molecular formula is C25H37ClN4O4. The van der Waals surface area contributed by atoms with Crippen molar-refractivity contribution < 1.29 is 19.1 Å². The topological polar surface area (TPSA) is 91.0 Å². The molecule has 1 fully saturated rings. The molecule has 34 heavy (non-hydrogen) atoms. The summed E-state index contributed by atoms with van der Waals surface area (Å²) in [5.41, 5.74) is 0.366. The van der Waals surface area contributed by atoms with Gasteiger partial charge >= 0.3 is 0 Å². The summed E-state index contributed by atoms with van der Waals surface area (Å²) < 4.78 is 5.83. The number of amides is 3. The van der Waals surface area contributed by atoms with Gasteiger partial charge in [0.05, 0.1) is 18.2 Å². The number of benzene rings is 1. The number of nitrogens with one attached hydrogen (secondary N) is 2. The third-order valence-electron chi connectivity index (χ3n) is 6.48. The Kier molecular flexibility index (Phi) is 9.59. The second-order valence-electron chi connectivity index (χ2n) is 9.55. The molecule has 0 spiro atoms. The standard InChI is InChI=1S/C25H37ClN4O4/c1-17(2)29-12-8-19(9-13-29)25(33)30-11-5-4-10-27-24(32)21-14-20(26)6-7-22(21)34-16-18(3)28-23(31)15-30/h6-7,14,17-19H,4-5,8-13,15-16H2,1-3H3,(H,27,32)(H,28,31)/t18-/m1/s1. The first-order chi connectivity index (χ1) is 16.2. The van der Waals surface area contributed by atoms with Crippen LogP contribution in [0.25, 0.3) is 0 Å². The van der Waals surface area contributed by atoms with Crippen LogP contribution < -0.4 is 15.4 Å². The summed E-state index contributed by atoms with van der Waals surface area (Å²) in [6.07, 6.45) is 3.02. The maximum Gasteiger partial charge on any atom is 0.255 e. The minimum atomic E-state index is -0.296. The summed E-state index contributed by atoms with van der Waals surface area (Å²) >= 11 is 6.08. The Morgan fingerprint density at radius 1 is 1.15 bits per heavy atom. The van der Waals surface area contributed by atoms with E-state index in [2.05, 4.69) is 29.4 Å². The van der Waals surface area contributed by atoms with Crippen LogP contribution in [0.1, 0.15) is 56.8 Å². The van der Waals surface area contributed by atoms with Gasteiger partial charge in [0.15, 0.2) is 0 Å². The fourth-order valence-corrected chi connectivity index (χ4v) is 4.64. The zero-order valence-electron chi connectivity index (χ0n) is 20.4. The summed E-state index contributed by atoms with van der Waals surface area (Å²) in [6.45, 7) is 9.15. The van der Waals surface area contributed by atoms with Gasteiger partial charge in [0.1, 0.15) is 12.4 Å². The van der Waals surface area contributed by atoms with Crippen LogP contribution in [-0.2, 0) is 9.59 Å². The third-order valence-corrected chi connectivity index (χ3v) is 6.71.